The van der Waals surface area contributed by atoms with Gasteiger partial charge >= 0.3 is 10.2 Å². The van der Waals surface area contributed by atoms with Gasteiger partial charge in [0, 0.05) is 73.8 Å². The van der Waals surface area contributed by atoms with Gasteiger partial charge in [-0.1, -0.05) is 25.3 Å². The minimum atomic E-state index is -3.97. The van der Waals surface area contributed by atoms with Crippen molar-refractivity contribution in [2.24, 2.45) is 5.41 Å². The van der Waals surface area contributed by atoms with Crippen LogP contribution in [0, 0.1) is 5.41 Å². The van der Waals surface area contributed by atoms with Gasteiger partial charge in [0.25, 0.3) is 5.91 Å². The third kappa shape index (κ3) is 5.25. The molecule has 2 aliphatic carbocycles. The molecule has 2 aliphatic heterocycles. The van der Waals surface area contributed by atoms with Crippen LogP contribution in [0.15, 0.2) is 36.4 Å². The van der Waals surface area contributed by atoms with Crippen molar-refractivity contribution in [2.75, 3.05) is 41.3 Å². The van der Waals surface area contributed by atoms with Gasteiger partial charge in [0.05, 0.1) is 18.2 Å². The average molecular weight is 662 g/mol. The molecule has 3 heterocycles. The Labute approximate surface area is 278 Å². The SMILES string of the molecule is COc1ccc2c(c1)[C@H]1C[C@@]1(C(=O)N1C[C@@H](C)N(C)[C@@H](C)C1)Cn1c-2c(C2CCCCC2)c2ccc(C(=O)NS(=O)(=O)N(C)C)cc21. The summed E-state index contributed by atoms with van der Waals surface area (Å²) in [5.74, 6) is 0.708. The third-order valence-electron chi connectivity index (χ3n) is 11.6. The van der Waals surface area contributed by atoms with E-state index in [2.05, 4.69) is 52.1 Å². The predicted octanol–water partition coefficient (Wildman–Crippen LogP) is 4.94. The summed E-state index contributed by atoms with van der Waals surface area (Å²) < 4.78 is 36.4. The van der Waals surface area contributed by atoms with E-state index in [1.54, 1.807) is 13.2 Å². The second-order valence-electron chi connectivity index (χ2n) is 14.6. The van der Waals surface area contributed by atoms with Crippen molar-refractivity contribution in [1.29, 1.82) is 0 Å². The number of ether oxygens (including phenoxy) is 1. The minimum absolute atomic E-state index is 0.0521. The minimum Gasteiger partial charge on any atom is -0.497 e. The van der Waals surface area contributed by atoms with E-state index in [0.717, 1.165) is 57.0 Å². The molecule has 0 bridgehead atoms. The average Bonchev–Trinajstić information content (AvgIpc) is 3.72. The zero-order valence-corrected chi connectivity index (χ0v) is 29.2. The standard InChI is InChI=1S/C36H47N5O5S/c1-22-19-40(20-23(2)39(22)5)35(43)36-18-30(36)29-17-26(46-6)13-15-27(29)33-32(24-10-8-7-9-11-24)28-14-12-25(16-31(28)41(33)21-36)34(42)37-47(44,45)38(3)4/h12-17,22-24,30H,7-11,18-21H2,1-6H3,(H,37,42)/t22-,23+,30-,36-/m1/s1. The number of rotatable bonds is 6. The van der Waals surface area contributed by atoms with Crippen molar-refractivity contribution in [1.82, 2.24) is 23.4 Å². The Morgan fingerprint density at radius 2 is 1.70 bits per heavy atom. The van der Waals surface area contributed by atoms with Gasteiger partial charge in [-0.2, -0.15) is 12.7 Å². The maximum atomic E-state index is 14.8. The predicted molar refractivity (Wildman–Crippen MR) is 183 cm³/mol. The molecule has 1 aromatic heterocycles. The number of amides is 2. The second kappa shape index (κ2) is 11.6. The quantitative estimate of drug-likeness (QED) is 0.402. The lowest BCUT2D eigenvalue weighted by Crippen LogP contribution is -2.58. The molecular weight excluding hydrogens is 614 g/mol. The number of nitrogens with one attached hydrogen (secondary N) is 1. The highest BCUT2D eigenvalue weighted by Gasteiger charge is 2.64. The Morgan fingerprint density at radius 1 is 1.00 bits per heavy atom. The van der Waals surface area contributed by atoms with Gasteiger partial charge in [-0.25, -0.2) is 4.72 Å². The molecule has 0 spiro atoms. The van der Waals surface area contributed by atoms with Crippen LogP contribution in [0.5, 0.6) is 5.75 Å². The van der Waals surface area contributed by atoms with E-state index in [-0.39, 0.29) is 29.5 Å². The molecule has 2 saturated carbocycles. The van der Waals surface area contributed by atoms with Crippen LogP contribution in [0.3, 0.4) is 0 Å². The second-order valence-corrected chi connectivity index (χ2v) is 16.5. The van der Waals surface area contributed by atoms with Crippen LogP contribution < -0.4 is 9.46 Å². The van der Waals surface area contributed by atoms with Crippen LogP contribution in [0.2, 0.25) is 0 Å². The summed E-state index contributed by atoms with van der Waals surface area (Å²) in [4.78, 5) is 32.6. The third-order valence-corrected chi connectivity index (χ3v) is 13.0. The Kier molecular flexibility index (Phi) is 7.96. The van der Waals surface area contributed by atoms with Crippen molar-refractivity contribution >= 4 is 32.9 Å². The van der Waals surface area contributed by atoms with Crippen molar-refractivity contribution in [3.05, 3.63) is 53.1 Å². The summed E-state index contributed by atoms with van der Waals surface area (Å²) in [7, 11) is 2.62. The highest BCUT2D eigenvalue weighted by molar-refractivity contribution is 7.87. The number of aromatic nitrogens is 1. The molecule has 1 saturated heterocycles. The zero-order valence-electron chi connectivity index (χ0n) is 28.4. The number of likely N-dealkylation sites (N-methyl/N-ethyl adjacent to an activating group) is 1. The summed E-state index contributed by atoms with van der Waals surface area (Å²) >= 11 is 0. The Bertz CT molecular complexity index is 1850. The van der Waals surface area contributed by atoms with Crippen LogP contribution in [0.4, 0.5) is 0 Å². The Hall–Kier alpha value is -3.41. The van der Waals surface area contributed by atoms with Crippen molar-refractivity contribution in [3.8, 4) is 17.0 Å². The van der Waals surface area contributed by atoms with Crippen LogP contribution in [-0.4, -0.2) is 92.3 Å². The normalized spacial score (nSPS) is 26.4. The van der Waals surface area contributed by atoms with E-state index < -0.39 is 21.5 Å². The Balaban J connectivity index is 1.42. The number of carbonyl (C=O) groups excluding carboxylic acids is 2. The number of piperazine rings is 1. The molecule has 4 aliphatic rings. The summed E-state index contributed by atoms with van der Waals surface area (Å²) in [5.41, 5.74) is 5.21. The van der Waals surface area contributed by atoms with Crippen molar-refractivity contribution < 1.29 is 22.7 Å². The molecule has 0 radical (unpaired) electrons. The molecule has 4 atom stereocenters. The monoisotopic (exact) mass is 661 g/mol. The van der Waals surface area contributed by atoms with Crippen LogP contribution in [0.25, 0.3) is 22.2 Å². The molecule has 1 N–H and O–H groups in total. The lowest BCUT2D eigenvalue weighted by Gasteiger charge is -2.43. The van der Waals surface area contributed by atoms with E-state index in [1.807, 2.05) is 18.2 Å². The molecular formula is C36H47N5O5S. The lowest BCUT2D eigenvalue weighted by atomic mass is 9.81. The molecule has 7 rings (SSSR count). The fourth-order valence-electron chi connectivity index (χ4n) is 8.57. The number of fused-ring (bicyclic) bond motifs is 7. The summed E-state index contributed by atoms with van der Waals surface area (Å²) in [6.07, 6.45) is 6.49. The number of carbonyl (C=O) groups is 2. The summed E-state index contributed by atoms with van der Waals surface area (Å²) in [6.45, 7) is 6.25. The maximum Gasteiger partial charge on any atom is 0.303 e. The Morgan fingerprint density at radius 3 is 2.36 bits per heavy atom. The number of nitrogens with zero attached hydrogens (tertiary/aromatic N) is 4. The topological polar surface area (TPSA) is 104 Å². The van der Waals surface area contributed by atoms with Crippen molar-refractivity contribution in [3.63, 3.8) is 0 Å². The van der Waals surface area contributed by atoms with E-state index in [0.29, 0.717) is 25.6 Å². The fourth-order valence-corrected chi connectivity index (χ4v) is 9.11. The molecule has 3 fully saturated rings. The first-order valence-electron chi connectivity index (χ1n) is 17.0. The number of methoxy groups -OCH3 is 1. The summed E-state index contributed by atoms with van der Waals surface area (Å²) in [6, 6.07) is 12.4. The molecule has 10 nitrogen and oxygen atoms in total. The molecule has 252 valence electrons. The summed E-state index contributed by atoms with van der Waals surface area (Å²) in [5, 5.41) is 1.07. The molecule has 2 amide bonds. The molecule has 0 unspecified atom stereocenters. The van der Waals surface area contributed by atoms with E-state index in [9.17, 15) is 18.0 Å². The van der Waals surface area contributed by atoms with Crippen molar-refractivity contribution in [2.45, 2.75) is 82.8 Å². The van der Waals surface area contributed by atoms with E-state index in [4.69, 9.17) is 4.74 Å². The lowest BCUT2D eigenvalue weighted by molar-refractivity contribution is -0.141. The molecule has 47 heavy (non-hydrogen) atoms. The first-order chi connectivity index (χ1) is 22.4. The van der Waals surface area contributed by atoms with Gasteiger partial charge in [0.2, 0.25) is 5.91 Å². The van der Waals surface area contributed by atoms with Gasteiger partial charge in [0.15, 0.2) is 0 Å². The zero-order chi connectivity index (χ0) is 33.4. The van der Waals surface area contributed by atoms with Gasteiger partial charge in [-0.15, -0.1) is 0 Å². The largest absolute Gasteiger partial charge is 0.497 e. The van der Waals surface area contributed by atoms with E-state index in [1.165, 1.54) is 38.9 Å². The highest BCUT2D eigenvalue weighted by atomic mass is 32.2. The van der Waals surface area contributed by atoms with Gasteiger partial charge in [-0.3, -0.25) is 14.5 Å². The fraction of sp³-hybridized carbons (Fsp3) is 0.556. The van der Waals surface area contributed by atoms with Gasteiger partial charge < -0.3 is 14.2 Å². The maximum absolute atomic E-state index is 14.8. The first-order valence-corrected chi connectivity index (χ1v) is 18.4. The van der Waals surface area contributed by atoms with Crippen LogP contribution >= 0.6 is 0 Å². The smallest absolute Gasteiger partial charge is 0.303 e. The van der Waals surface area contributed by atoms with Crippen LogP contribution in [0.1, 0.15) is 85.7 Å². The number of hydrogen-bond donors (Lipinski definition) is 1. The highest BCUT2D eigenvalue weighted by Crippen LogP contribution is 2.66. The number of hydrogen-bond acceptors (Lipinski definition) is 6. The first kappa shape index (κ1) is 32.2. The van der Waals surface area contributed by atoms with Crippen LogP contribution in [-0.2, 0) is 21.5 Å². The van der Waals surface area contributed by atoms with E-state index >= 15 is 0 Å². The van der Waals surface area contributed by atoms with Gasteiger partial charge in [-0.05, 0) is 87.5 Å². The van der Waals surface area contributed by atoms with Gasteiger partial charge in [0.1, 0.15) is 5.75 Å². The molecule has 2 aromatic carbocycles. The molecule has 3 aromatic rings. The number of benzene rings is 2. The molecule has 11 heteroatoms.